The van der Waals surface area contributed by atoms with Crippen LogP contribution in [0.2, 0.25) is 10.0 Å². The fraction of sp³-hybridized carbons (Fsp3) is 0.462. The van der Waals surface area contributed by atoms with Gasteiger partial charge in [-0.25, -0.2) is 0 Å². The van der Waals surface area contributed by atoms with E-state index >= 15 is 0 Å². The second-order valence-electron chi connectivity index (χ2n) is 4.63. The van der Waals surface area contributed by atoms with E-state index in [1.54, 1.807) is 23.1 Å². The molecule has 0 spiro atoms. The van der Waals surface area contributed by atoms with Crippen molar-refractivity contribution in [1.29, 1.82) is 0 Å². The maximum Gasteiger partial charge on any atom is 0.253 e. The van der Waals surface area contributed by atoms with E-state index in [4.69, 9.17) is 23.2 Å². The highest BCUT2D eigenvalue weighted by atomic mass is 35.5. The van der Waals surface area contributed by atoms with Crippen LogP contribution >= 0.6 is 23.2 Å². The van der Waals surface area contributed by atoms with Crippen LogP contribution in [0.25, 0.3) is 0 Å². The smallest absolute Gasteiger partial charge is 0.253 e. The van der Waals surface area contributed by atoms with Gasteiger partial charge < -0.3 is 4.90 Å². The molecular formula is C13H17Cl2N3O. The number of rotatable bonds is 2. The standard InChI is InChI=1S/C13H17Cl2N3O/c1-18(10-4-6-16-17-7-5-10)13(19)9-2-3-11(14)12(15)8-9/h2-3,8,10,16-17H,4-7H2,1H3. The highest BCUT2D eigenvalue weighted by molar-refractivity contribution is 6.42. The zero-order chi connectivity index (χ0) is 13.8. The molecule has 0 radical (unpaired) electrons. The SMILES string of the molecule is CN(C(=O)c1ccc(Cl)c(Cl)c1)C1CCNNCC1. The number of nitrogens with zero attached hydrogens (tertiary/aromatic N) is 1. The highest BCUT2D eigenvalue weighted by Crippen LogP contribution is 2.23. The Hall–Kier alpha value is -0.810. The normalized spacial score (nSPS) is 17.0. The zero-order valence-corrected chi connectivity index (χ0v) is 12.3. The lowest BCUT2D eigenvalue weighted by molar-refractivity contribution is 0.0722. The molecule has 4 nitrogen and oxygen atoms in total. The minimum atomic E-state index is -0.0227. The second kappa shape index (κ2) is 6.57. The van der Waals surface area contributed by atoms with Crippen molar-refractivity contribution in [2.45, 2.75) is 18.9 Å². The summed E-state index contributed by atoms with van der Waals surface area (Å²) in [5, 5.41) is 0.869. The van der Waals surface area contributed by atoms with Crippen molar-refractivity contribution in [3.63, 3.8) is 0 Å². The Morgan fingerprint density at radius 1 is 1.21 bits per heavy atom. The lowest BCUT2D eigenvalue weighted by Gasteiger charge is -2.27. The predicted octanol–water partition coefficient (Wildman–Crippen LogP) is 2.32. The molecule has 1 aliphatic heterocycles. The summed E-state index contributed by atoms with van der Waals surface area (Å²) in [6.07, 6.45) is 1.85. The van der Waals surface area contributed by atoms with Crippen molar-refractivity contribution in [3.8, 4) is 0 Å². The Balaban J connectivity index is 2.10. The monoisotopic (exact) mass is 301 g/mol. The molecule has 0 bridgehead atoms. The first-order valence-electron chi connectivity index (χ1n) is 6.27. The second-order valence-corrected chi connectivity index (χ2v) is 5.44. The molecule has 1 fully saturated rings. The van der Waals surface area contributed by atoms with Crippen LogP contribution < -0.4 is 10.9 Å². The van der Waals surface area contributed by atoms with E-state index in [2.05, 4.69) is 10.9 Å². The Bertz CT molecular complexity index is 459. The average molecular weight is 302 g/mol. The van der Waals surface area contributed by atoms with Crippen molar-refractivity contribution >= 4 is 29.1 Å². The average Bonchev–Trinajstić information content (AvgIpc) is 2.69. The van der Waals surface area contributed by atoms with Gasteiger partial charge in [-0.05, 0) is 31.0 Å². The summed E-state index contributed by atoms with van der Waals surface area (Å²) >= 11 is 11.8. The lowest BCUT2D eigenvalue weighted by Crippen LogP contribution is -2.38. The number of benzene rings is 1. The van der Waals surface area contributed by atoms with Crippen molar-refractivity contribution < 1.29 is 4.79 Å². The quantitative estimate of drug-likeness (QED) is 0.881. The largest absolute Gasteiger partial charge is 0.339 e. The van der Waals surface area contributed by atoms with E-state index in [1.807, 2.05) is 7.05 Å². The molecule has 1 aromatic carbocycles. The van der Waals surface area contributed by atoms with E-state index in [1.165, 1.54) is 0 Å². The topological polar surface area (TPSA) is 44.4 Å². The van der Waals surface area contributed by atoms with Crippen molar-refractivity contribution in [2.24, 2.45) is 0 Å². The molecule has 2 rings (SSSR count). The number of amides is 1. The summed E-state index contributed by atoms with van der Waals surface area (Å²) in [6.45, 7) is 1.70. The van der Waals surface area contributed by atoms with Crippen LogP contribution in [-0.4, -0.2) is 37.0 Å². The lowest BCUT2D eigenvalue weighted by atomic mass is 10.1. The van der Waals surface area contributed by atoms with Gasteiger partial charge in [-0.2, -0.15) is 0 Å². The molecule has 1 aromatic rings. The summed E-state index contributed by atoms with van der Waals surface area (Å²) in [4.78, 5) is 14.2. The van der Waals surface area contributed by atoms with Gasteiger partial charge in [0.05, 0.1) is 10.0 Å². The predicted molar refractivity (Wildman–Crippen MR) is 77.6 cm³/mol. The van der Waals surface area contributed by atoms with Gasteiger partial charge in [-0.15, -0.1) is 0 Å². The molecule has 0 aromatic heterocycles. The van der Waals surface area contributed by atoms with Gasteiger partial charge in [-0.3, -0.25) is 15.6 Å². The molecule has 1 aliphatic rings. The summed E-state index contributed by atoms with van der Waals surface area (Å²) < 4.78 is 0. The van der Waals surface area contributed by atoms with E-state index in [-0.39, 0.29) is 11.9 Å². The van der Waals surface area contributed by atoms with Gasteiger partial charge in [0, 0.05) is 31.7 Å². The maximum absolute atomic E-state index is 12.4. The third-order valence-corrected chi connectivity index (χ3v) is 4.10. The van der Waals surface area contributed by atoms with Gasteiger partial charge in [0.15, 0.2) is 0 Å². The summed E-state index contributed by atoms with van der Waals surface area (Å²) in [6, 6.07) is 5.21. The van der Waals surface area contributed by atoms with Crippen molar-refractivity contribution in [2.75, 3.05) is 20.1 Å². The van der Waals surface area contributed by atoms with Gasteiger partial charge in [-0.1, -0.05) is 23.2 Å². The summed E-state index contributed by atoms with van der Waals surface area (Å²) in [5.74, 6) is -0.0227. The van der Waals surface area contributed by atoms with E-state index in [0.29, 0.717) is 15.6 Å². The van der Waals surface area contributed by atoms with Gasteiger partial charge in [0.2, 0.25) is 0 Å². The van der Waals surface area contributed by atoms with E-state index < -0.39 is 0 Å². The van der Waals surface area contributed by atoms with Crippen molar-refractivity contribution in [1.82, 2.24) is 15.8 Å². The van der Waals surface area contributed by atoms with Crippen LogP contribution in [0.4, 0.5) is 0 Å². The Morgan fingerprint density at radius 3 is 2.42 bits per heavy atom. The van der Waals surface area contributed by atoms with Crippen LogP contribution in [0.1, 0.15) is 23.2 Å². The number of carbonyl (C=O) groups is 1. The zero-order valence-electron chi connectivity index (χ0n) is 10.7. The van der Waals surface area contributed by atoms with E-state index in [9.17, 15) is 4.79 Å². The van der Waals surface area contributed by atoms with Crippen LogP contribution in [0.15, 0.2) is 18.2 Å². The molecule has 1 heterocycles. The molecule has 104 valence electrons. The molecule has 2 N–H and O–H groups in total. The molecule has 6 heteroatoms. The third-order valence-electron chi connectivity index (χ3n) is 3.36. The third kappa shape index (κ3) is 3.60. The Labute approximate surface area is 123 Å². The first-order chi connectivity index (χ1) is 9.09. The van der Waals surface area contributed by atoms with Crippen molar-refractivity contribution in [3.05, 3.63) is 33.8 Å². The molecule has 1 saturated heterocycles. The number of nitrogens with one attached hydrogen (secondary N) is 2. The minimum Gasteiger partial charge on any atom is -0.339 e. The number of hydrogen-bond acceptors (Lipinski definition) is 3. The molecule has 0 atom stereocenters. The highest BCUT2D eigenvalue weighted by Gasteiger charge is 2.22. The molecule has 19 heavy (non-hydrogen) atoms. The van der Waals surface area contributed by atoms with Crippen LogP contribution in [0.5, 0.6) is 0 Å². The van der Waals surface area contributed by atoms with Gasteiger partial charge in [0.1, 0.15) is 0 Å². The van der Waals surface area contributed by atoms with Crippen LogP contribution in [0, 0.1) is 0 Å². The number of hydrazine groups is 1. The summed E-state index contributed by atoms with van der Waals surface area (Å²) in [7, 11) is 1.83. The number of halogens is 2. The molecule has 1 amide bonds. The molecular weight excluding hydrogens is 285 g/mol. The van der Waals surface area contributed by atoms with Crippen LogP contribution in [0.3, 0.4) is 0 Å². The molecule has 0 unspecified atom stereocenters. The first kappa shape index (κ1) is 14.6. The Morgan fingerprint density at radius 2 is 1.84 bits per heavy atom. The molecule has 0 aliphatic carbocycles. The fourth-order valence-electron chi connectivity index (χ4n) is 2.18. The molecule has 0 saturated carbocycles. The van der Waals surface area contributed by atoms with E-state index in [0.717, 1.165) is 25.9 Å². The Kier molecular flexibility index (Phi) is 5.05. The van der Waals surface area contributed by atoms with Gasteiger partial charge >= 0.3 is 0 Å². The van der Waals surface area contributed by atoms with Crippen LogP contribution in [-0.2, 0) is 0 Å². The fourth-order valence-corrected chi connectivity index (χ4v) is 2.48. The first-order valence-corrected chi connectivity index (χ1v) is 7.03. The minimum absolute atomic E-state index is 0.0227. The van der Waals surface area contributed by atoms with Gasteiger partial charge in [0.25, 0.3) is 5.91 Å². The number of carbonyl (C=O) groups excluding carboxylic acids is 1. The maximum atomic E-state index is 12.4. The number of hydrogen-bond donors (Lipinski definition) is 2. The summed E-state index contributed by atoms with van der Waals surface area (Å²) in [5.41, 5.74) is 6.77.